The first kappa shape index (κ1) is 23.9. The van der Waals surface area contributed by atoms with Gasteiger partial charge in [-0.3, -0.25) is 19.5 Å². The first-order chi connectivity index (χ1) is 17.5. The lowest BCUT2D eigenvalue weighted by atomic mass is 9.96. The van der Waals surface area contributed by atoms with E-state index in [2.05, 4.69) is 49.4 Å². The van der Waals surface area contributed by atoms with Crippen LogP contribution in [0.5, 0.6) is 0 Å². The summed E-state index contributed by atoms with van der Waals surface area (Å²) in [5.74, 6) is 1.15. The Morgan fingerprint density at radius 2 is 1.92 bits per heavy atom. The number of benzene rings is 2. The Morgan fingerprint density at radius 3 is 2.78 bits per heavy atom. The fraction of sp³-hybridized carbons (Fsp3) is 0.357. The van der Waals surface area contributed by atoms with Gasteiger partial charge in [-0.15, -0.1) is 0 Å². The molecule has 1 saturated heterocycles. The molecule has 1 atom stereocenters. The molecule has 2 aromatic heterocycles. The van der Waals surface area contributed by atoms with Crippen molar-refractivity contribution in [3.63, 3.8) is 0 Å². The highest BCUT2D eigenvalue weighted by Gasteiger charge is 2.26. The van der Waals surface area contributed by atoms with Crippen molar-refractivity contribution in [1.82, 2.24) is 30.1 Å². The molecule has 1 aliphatic heterocycles. The Balaban J connectivity index is 1.20. The van der Waals surface area contributed by atoms with Gasteiger partial charge in [0.25, 0.3) is 0 Å². The van der Waals surface area contributed by atoms with E-state index in [1.165, 1.54) is 5.56 Å². The molecule has 186 valence electrons. The molecule has 2 amide bonds. The number of aromatic amines is 1. The number of carbonyl (C=O) groups excluding carboxylic acids is 2. The molecule has 0 bridgehead atoms. The molecule has 2 aromatic carbocycles. The second-order valence-corrected chi connectivity index (χ2v) is 9.56. The number of para-hydroxylation sites is 3. The van der Waals surface area contributed by atoms with Crippen LogP contribution >= 0.6 is 0 Å². The van der Waals surface area contributed by atoms with Gasteiger partial charge in [0.15, 0.2) is 0 Å². The Labute approximate surface area is 210 Å². The number of imidazole rings is 1. The topological polar surface area (TPSA) is 94.2 Å². The van der Waals surface area contributed by atoms with Crippen LogP contribution in [0.1, 0.15) is 18.3 Å². The van der Waals surface area contributed by atoms with Crippen LogP contribution in [0.4, 0.5) is 0 Å². The second-order valence-electron chi connectivity index (χ2n) is 9.56. The normalized spacial score (nSPS) is 16.8. The zero-order chi connectivity index (χ0) is 24.9. The SMILES string of the molecule is CC(=O)N1CCN(CC(=O)NCCc2nc3ccccc3[nH]2)CC(Cc2cccc3cccnc23)C1. The van der Waals surface area contributed by atoms with Crippen LogP contribution in [0.3, 0.4) is 0 Å². The smallest absolute Gasteiger partial charge is 0.234 e. The molecular weight excluding hydrogens is 452 g/mol. The summed E-state index contributed by atoms with van der Waals surface area (Å²) in [7, 11) is 0. The molecule has 8 heteroatoms. The second kappa shape index (κ2) is 10.9. The minimum atomic E-state index is -0.00652. The maximum Gasteiger partial charge on any atom is 0.234 e. The van der Waals surface area contributed by atoms with Gasteiger partial charge in [0.1, 0.15) is 5.82 Å². The number of rotatable bonds is 7. The van der Waals surface area contributed by atoms with Gasteiger partial charge in [0.2, 0.25) is 11.8 Å². The molecule has 5 rings (SSSR count). The molecule has 1 unspecified atom stereocenters. The molecule has 36 heavy (non-hydrogen) atoms. The van der Waals surface area contributed by atoms with Crippen molar-refractivity contribution in [2.24, 2.45) is 5.92 Å². The Morgan fingerprint density at radius 1 is 1.06 bits per heavy atom. The van der Waals surface area contributed by atoms with E-state index in [0.717, 1.165) is 40.7 Å². The minimum Gasteiger partial charge on any atom is -0.355 e. The molecule has 2 N–H and O–H groups in total. The van der Waals surface area contributed by atoms with Crippen molar-refractivity contribution in [2.45, 2.75) is 19.8 Å². The predicted molar refractivity (Wildman–Crippen MR) is 140 cm³/mol. The molecule has 3 heterocycles. The number of nitrogens with zero attached hydrogens (tertiary/aromatic N) is 4. The maximum atomic E-state index is 12.8. The first-order valence-corrected chi connectivity index (χ1v) is 12.6. The summed E-state index contributed by atoms with van der Waals surface area (Å²) in [6.07, 6.45) is 3.28. The highest BCUT2D eigenvalue weighted by atomic mass is 16.2. The average Bonchev–Trinajstić information content (AvgIpc) is 3.18. The van der Waals surface area contributed by atoms with Crippen molar-refractivity contribution in [3.05, 3.63) is 72.2 Å². The lowest BCUT2D eigenvalue weighted by Crippen LogP contribution is -2.41. The molecule has 0 radical (unpaired) electrons. The van der Waals surface area contributed by atoms with Gasteiger partial charge in [0.05, 0.1) is 23.1 Å². The van der Waals surface area contributed by atoms with Crippen LogP contribution in [-0.2, 0) is 22.4 Å². The number of pyridine rings is 1. The molecule has 1 fully saturated rings. The van der Waals surface area contributed by atoms with Crippen LogP contribution < -0.4 is 5.32 Å². The number of hydrogen-bond acceptors (Lipinski definition) is 5. The number of nitrogens with one attached hydrogen (secondary N) is 2. The zero-order valence-electron chi connectivity index (χ0n) is 20.6. The average molecular weight is 485 g/mol. The van der Waals surface area contributed by atoms with Gasteiger partial charge in [-0.05, 0) is 36.1 Å². The summed E-state index contributed by atoms with van der Waals surface area (Å²) in [6, 6.07) is 18.2. The predicted octanol–water partition coefficient (Wildman–Crippen LogP) is 2.79. The van der Waals surface area contributed by atoms with Gasteiger partial charge in [0, 0.05) is 57.7 Å². The Hall–Kier alpha value is -3.78. The van der Waals surface area contributed by atoms with Gasteiger partial charge in [-0.25, -0.2) is 4.98 Å². The Bertz CT molecular complexity index is 1330. The highest BCUT2D eigenvalue weighted by molar-refractivity contribution is 5.81. The van der Waals surface area contributed by atoms with Gasteiger partial charge < -0.3 is 15.2 Å². The quantitative estimate of drug-likeness (QED) is 0.421. The molecule has 4 aromatic rings. The molecule has 0 saturated carbocycles. The summed E-state index contributed by atoms with van der Waals surface area (Å²) in [5.41, 5.74) is 4.13. The summed E-state index contributed by atoms with van der Waals surface area (Å²) in [6.45, 7) is 5.21. The van der Waals surface area contributed by atoms with Crippen LogP contribution in [0.25, 0.3) is 21.9 Å². The summed E-state index contributed by atoms with van der Waals surface area (Å²) in [4.78, 5) is 41.6. The lowest BCUT2D eigenvalue weighted by Gasteiger charge is -2.24. The van der Waals surface area contributed by atoms with Crippen LogP contribution in [0, 0.1) is 5.92 Å². The standard InChI is InChI=1S/C28H32N6O2/c1-20(35)34-15-14-33(17-21(18-34)16-23-7-4-6-22-8-5-12-30-28(22)23)19-27(36)29-13-11-26-31-24-9-2-3-10-25(24)32-26/h2-10,12,21H,11,13-19H2,1H3,(H,29,36)(H,31,32). The van der Waals surface area contributed by atoms with E-state index in [0.29, 0.717) is 39.1 Å². The first-order valence-electron chi connectivity index (χ1n) is 12.6. The number of amides is 2. The van der Waals surface area contributed by atoms with Crippen molar-refractivity contribution < 1.29 is 9.59 Å². The zero-order valence-corrected chi connectivity index (χ0v) is 20.6. The van der Waals surface area contributed by atoms with Gasteiger partial charge in [-0.2, -0.15) is 0 Å². The number of H-pyrrole nitrogens is 1. The van der Waals surface area contributed by atoms with E-state index in [1.54, 1.807) is 6.92 Å². The van der Waals surface area contributed by atoms with E-state index in [9.17, 15) is 9.59 Å². The Kier molecular flexibility index (Phi) is 7.23. The molecule has 1 aliphatic rings. The fourth-order valence-electron chi connectivity index (χ4n) is 5.08. The molecule has 0 aliphatic carbocycles. The van der Waals surface area contributed by atoms with Crippen molar-refractivity contribution in [3.8, 4) is 0 Å². The third-order valence-corrected chi connectivity index (χ3v) is 6.84. The molecule has 8 nitrogen and oxygen atoms in total. The molecular formula is C28H32N6O2. The van der Waals surface area contributed by atoms with Crippen molar-refractivity contribution >= 4 is 33.8 Å². The summed E-state index contributed by atoms with van der Waals surface area (Å²) in [5, 5.41) is 4.15. The summed E-state index contributed by atoms with van der Waals surface area (Å²) >= 11 is 0. The van der Waals surface area contributed by atoms with E-state index < -0.39 is 0 Å². The number of carbonyl (C=O) groups is 2. The third kappa shape index (κ3) is 5.71. The number of hydrogen-bond donors (Lipinski definition) is 2. The van der Waals surface area contributed by atoms with Crippen LogP contribution in [0.2, 0.25) is 0 Å². The van der Waals surface area contributed by atoms with Crippen LogP contribution in [-0.4, -0.2) is 75.8 Å². The van der Waals surface area contributed by atoms with E-state index in [-0.39, 0.29) is 17.7 Å². The third-order valence-electron chi connectivity index (χ3n) is 6.84. The largest absolute Gasteiger partial charge is 0.355 e. The minimum absolute atomic E-state index is 0.00652. The fourth-order valence-corrected chi connectivity index (χ4v) is 5.08. The van der Waals surface area contributed by atoms with E-state index >= 15 is 0 Å². The van der Waals surface area contributed by atoms with Crippen LogP contribution in [0.15, 0.2) is 60.8 Å². The number of aromatic nitrogens is 3. The lowest BCUT2D eigenvalue weighted by molar-refractivity contribution is -0.129. The van der Waals surface area contributed by atoms with Gasteiger partial charge >= 0.3 is 0 Å². The number of fused-ring (bicyclic) bond motifs is 2. The molecule has 0 spiro atoms. The van der Waals surface area contributed by atoms with E-state index in [1.807, 2.05) is 41.4 Å². The van der Waals surface area contributed by atoms with Gasteiger partial charge in [-0.1, -0.05) is 36.4 Å². The van der Waals surface area contributed by atoms with Crippen molar-refractivity contribution in [2.75, 3.05) is 39.3 Å². The van der Waals surface area contributed by atoms with E-state index in [4.69, 9.17) is 0 Å². The maximum absolute atomic E-state index is 12.8. The summed E-state index contributed by atoms with van der Waals surface area (Å²) < 4.78 is 0. The highest BCUT2D eigenvalue weighted by Crippen LogP contribution is 2.22. The van der Waals surface area contributed by atoms with Crippen molar-refractivity contribution in [1.29, 1.82) is 0 Å². The monoisotopic (exact) mass is 484 g/mol.